The zero-order chi connectivity index (χ0) is 16.2. The highest BCUT2D eigenvalue weighted by molar-refractivity contribution is 7.17. The number of hydrogen-bond acceptors (Lipinski definition) is 4. The first-order valence-electron chi connectivity index (χ1n) is 9.31. The molecule has 1 aromatic heterocycles. The monoisotopic (exact) mass is 381 g/mol. The lowest BCUT2D eigenvalue weighted by molar-refractivity contribution is -0.0382. The van der Waals surface area contributed by atoms with E-state index in [2.05, 4.69) is 34.5 Å². The van der Waals surface area contributed by atoms with Gasteiger partial charge in [-0.3, -0.25) is 4.90 Å². The van der Waals surface area contributed by atoms with Crippen LogP contribution in [0.3, 0.4) is 0 Å². The number of thiophene rings is 1. The number of halogens is 1. The second kappa shape index (κ2) is 9.33. The van der Waals surface area contributed by atoms with Crippen molar-refractivity contribution in [3.8, 4) is 0 Å². The molecule has 0 spiro atoms. The number of hydrogen-bond donors (Lipinski definition) is 0. The van der Waals surface area contributed by atoms with Gasteiger partial charge in [0.05, 0.1) is 32.0 Å². The molecule has 2 heterocycles. The van der Waals surface area contributed by atoms with Crippen molar-refractivity contribution in [3.05, 3.63) is 35.2 Å². The molecule has 138 valence electrons. The molecule has 1 atom stereocenters. The number of morpholine rings is 1. The standard InChI is InChI=1S/C20H27NO2S.ClH/c1-2-6-16(7-3-1)23-14-19(21-10-12-22-13-11-21)18-15-24-20-9-5-4-8-17(18)20;/h4-5,8-9,15-16,19H,1-3,6-7,10-14H2;1H. The third-order valence-electron chi connectivity index (χ3n) is 5.40. The molecule has 25 heavy (non-hydrogen) atoms. The number of benzene rings is 1. The van der Waals surface area contributed by atoms with Gasteiger partial charge in [-0.1, -0.05) is 37.5 Å². The van der Waals surface area contributed by atoms with Crippen LogP contribution in [0, 0.1) is 0 Å². The first-order valence-corrected chi connectivity index (χ1v) is 10.2. The highest BCUT2D eigenvalue weighted by atomic mass is 35.5. The Bertz CT molecular complexity index is 650. The maximum absolute atomic E-state index is 6.39. The largest absolute Gasteiger partial charge is 0.379 e. The Hall–Kier alpha value is -0.650. The second-order valence-electron chi connectivity index (χ2n) is 6.94. The van der Waals surface area contributed by atoms with Gasteiger partial charge in [0.2, 0.25) is 0 Å². The zero-order valence-corrected chi connectivity index (χ0v) is 16.3. The minimum absolute atomic E-state index is 0. The SMILES string of the molecule is Cl.c1ccc2c(C(COC3CCCCC3)N3CCOCC3)csc2c1. The van der Waals surface area contributed by atoms with Gasteiger partial charge in [-0.2, -0.15) is 0 Å². The lowest BCUT2D eigenvalue weighted by Crippen LogP contribution is -2.41. The van der Waals surface area contributed by atoms with Crippen LogP contribution < -0.4 is 0 Å². The first-order chi connectivity index (χ1) is 11.9. The van der Waals surface area contributed by atoms with Crippen molar-refractivity contribution in [3.63, 3.8) is 0 Å². The fourth-order valence-electron chi connectivity index (χ4n) is 4.00. The molecule has 1 aliphatic heterocycles. The molecule has 0 radical (unpaired) electrons. The topological polar surface area (TPSA) is 21.7 Å². The van der Waals surface area contributed by atoms with Crippen molar-refractivity contribution in [1.29, 1.82) is 0 Å². The van der Waals surface area contributed by atoms with E-state index in [9.17, 15) is 0 Å². The van der Waals surface area contributed by atoms with Gasteiger partial charge in [0.25, 0.3) is 0 Å². The summed E-state index contributed by atoms with van der Waals surface area (Å²) in [6, 6.07) is 9.12. The molecule has 1 aliphatic carbocycles. The molecule has 2 fully saturated rings. The van der Waals surface area contributed by atoms with Gasteiger partial charge in [-0.25, -0.2) is 0 Å². The molecule has 1 saturated heterocycles. The summed E-state index contributed by atoms with van der Waals surface area (Å²) in [6.45, 7) is 4.49. The van der Waals surface area contributed by atoms with E-state index in [1.807, 2.05) is 11.3 Å². The first kappa shape index (κ1) is 19.1. The third kappa shape index (κ3) is 4.55. The fraction of sp³-hybridized carbons (Fsp3) is 0.600. The fourth-order valence-corrected chi connectivity index (χ4v) is 5.00. The molecular formula is C20H28ClNO2S. The van der Waals surface area contributed by atoms with Crippen LogP contribution in [0.15, 0.2) is 29.6 Å². The summed E-state index contributed by atoms with van der Waals surface area (Å²) in [5, 5.41) is 3.74. The molecule has 2 aromatic rings. The third-order valence-corrected chi connectivity index (χ3v) is 6.38. The number of rotatable bonds is 5. The molecule has 1 unspecified atom stereocenters. The van der Waals surface area contributed by atoms with Gasteiger partial charge in [-0.05, 0) is 35.2 Å². The predicted octanol–water partition coefficient (Wildman–Crippen LogP) is 5.05. The van der Waals surface area contributed by atoms with Gasteiger partial charge >= 0.3 is 0 Å². The van der Waals surface area contributed by atoms with Gasteiger partial charge in [-0.15, -0.1) is 23.7 Å². The lowest BCUT2D eigenvalue weighted by Gasteiger charge is -2.35. The molecule has 3 nitrogen and oxygen atoms in total. The maximum Gasteiger partial charge on any atom is 0.0667 e. The van der Waals surface area contributed by atoms with Crippen LogP contribution in [0.1, 0.15) is 43.7 Å². The van der Waals surface area contributed by atoms with Crippen molar-refractivity contribution in [1.82, 2.24) is 4.90 Å². The van der Waals surface area contributed by atoms with Crippen molar-refractivity contribution in [2.75, 3.05) is 32.9 Å². The summed E-state index contributed by atoms with van der Waals surface area (Å²) in [5.74, 6) is 0. The molecule has 0 bridgehead atoms. The normalized spacial score (nSPS) is 21.1. The van der Waals surface area contributed by atoms with Crippen LogP contribution >= 0.6 is 23.7 Å². The Balaban J connectivity index is 0.00000182. The maximum atomic E-state index is 6.39. The average Bonchev–Trinajstić information content (AvgIpc) is 3.08. The number of nitrogens with zero attached hydrogens (tertiary/aromatic N) is 1. The summed E-state index contributed by atoms with van der Waals surface area (Å²) in [6.07, 6.45) is 6.97. The van der Waals surface area contributed by atoms with Crippen LogP contribution in [0.2, 0.25) is 0 Å². The average molecular weight is 382 g/mol. The van der Waals surface area contributed by atoms with Gasteiger partial charge in [0.1, 0.15) is 0 Å². The van der Waals surface area contributed by atoms with Crippen molar-refractivity contribution >= 4 is 33.8 Å². The molecule has 5 heteroatoms. The second-order valence-corrected chi connectivity index (χ2v) is 7.86. The quantitative estimate of drug-likeness (QED) is 0.723. The Morgan fingerprint density at radius 2 is 1.88 bits per heavy atom. The Kier molecular flexibility index (Phi) is 7.14. The minimum atomic E-state index is 0. The summed E-state index contributed by atoms with van der Waals surface area (Å²) < 4.78 is 13.3. The Labute approximate surface area is 160 Å². The number of ether oxygens (including phenoxy) is 2. The van der Waals surface area contributed by atoms with E-state index in [0.29, 0.717) is 12.1 Å². The van der Waals surface area contributed by atoms with Crippen molar-refractivity contribution < 1.29 is 9.47 Å². The van der Waals surface area contributed by atoms with Crippen LogP contribution in [0.4, 0.5) is 0 Å². The van der Waals surface area contributed by atoms with Crippen molar-refractivity contribution in [2.45, 2.75) is 44.2 Å². The predicted molar refractivity (Wildman–Crippen MR) is 107 cm³/mol. The molecule has 2 aliphatic rings. The summed E-state index contributed by atoms with van der Waals surface area (Å²) in [7, 11) is 0. The van der Waals surface area contributed by atoms with E-state index >= 15 is 0 Å². The van der Waals surface area contributed by atoms with Gasteiger partial charge < -0.3 is 9.47 Å². The van der Waals surface area contributed by atoms with Gasteiger partial charge in [0.15, 0.2) is 0 Å². The van der Waals surface area contributed by atoms with Crippen LogP contribution in [0.25, 0.3) is 10.1 Å². The Morgan fingerprint density at radius 1 is 1.12 bits per heavy atom. The van der Waals surface area contributed by atoms with Crippen LogP contribution in [-0.2, 0) is 9.47 Å². The van der Waals surface area contributed by atoms with E-state index in [0.717, 1.165) is 32.9 Å². The smallest absolute Gasteiger partial charge is 0.0667 e. The zero-order valence-electron chi connectivity index (χ0n) is 14.7. The lowest BCUT2D eigenvalue weighted by atomic mass is 9.97. The van der Waals surface area contributed by atoms with Gasteiger partial charge in [0, 0.05) is 17.8 Å². The van der Waals surface area contributed by atoms with Crippen molar-refractivity contribution in [2.24, 2.45) is 0 Å². The highest BCUT2D eigenvalue weighted by Gasteiger charge is 2.26. The molecule has 0 N–H and O–H groups in total. The molecule has 0 amide bonds. The van der Waals surface area contributed by atoms with E-state index in [-0.39, 0.29) is 12.4 Å². The number of fused-ring (bicyclic) bond motifs is 1. The van der Waals surface area contributed by atoms with Crippen LogP contribution in [0.5, 0.6) is 0 Å². The minimum Gasteiger partial charge on any atom is -0.379 e. The highest BCUT2D eigenvalue weighted by Crippen LogP contribution is 2.34. The van der Waals surface area contributed by atoms with E-state index in [1.54, 1.807) is 0 Å². The molecule has 1 aromatic carbocycles. The molecular weight excluding hydrogens is 354 g/mol. The van der Waals surface area contributed by atoms with E-state index in [4.69, 9.17) is 9.47 Å². The Morgan fingerprint density at radius 3 is 2.68 bits per heavy atom. The summed E-state index contributed by atoms with van der Waals surface area (Å²) >= 11 is 1.85. The molecule has 4 rings (SSSR count). The summed E-state index contributed by atoms with van der Waals surface area (Å²) in [4.78, 5) is 2.56. The summed E-state index contributed by atoms with van der Waals surface area (Å²) in [5.41, 5.74) is 1.44. The molecule has 1 saturated carbocycles. The van der Waals surface area contributed by atoms with E-state index < -0.39 is 0 Å². The van der Waals surface area contributed by atoms with Crippen LogP contribution in [-0.4, -0.2) is 43.9 Å². The van der Waals surface area contributed by atoms with E-state index in [1.165, 1.54) is 47.8 Å².